The lowest BCUT2D eigenvalue weighted by Gasteiger charge is -2.20. The lowest BCUT2D eigenvalue weighted by Crippen LogP contribution is -2.50. The first-order chi connectivity index (χ1) is 8.83. The molecule has 2 unspecified atom stereocenters. The van der Waals surface area contributed by atoms with Crippen molar-refractivity contribution < 1.29 is 24.2 Å². The summed E-state index contributed by atoms with van der Waals surface area (Å²) < 4.78 is 4.42. The lowest BCUT2D eigenvalue weighted by atomic mass is 9.99. The van der Waals surface area contributed by atoms with Gasteiger partial charge in [-0.3, -0.25) is 9.59 Å². The summed E-state index contributed by atoms with van der Waals surface area (Å²) >= 11 is 0. The largest absolute Gasteiger partial charge is 0.480 e. The minimum absolute atomic E-state index is 0.0268. The third kappa shape index (κ3) is 6.19. The van der Waals surface area contributed by atoms with E-state index in [0.717, 1.165) is 0 Å². The molecule has 1 amide bonds. The zero-order valence-electron chi connectivity index (χ0n) is 11.5. The highest BCUT2D eigenvalue weighted by Crippen LogP contribution is 2.07. The Morgan fingerprint density at radius 3 is 2.37 bits per heavy atom. The van der Waals surface area contributed by atoms with E-state index in [9.17, 15) is 14.4 Å². The van der Waals surface area contributed by atoms with E-state index in [1.165, 1.54) is 7.11 Å². The molecule has 19 heavy (non-hydrogen) atoms. The van der Waals surface area contributed by atoms with Gasteiger partial charge in [-0.15, -0.1) is 0 Å². The number of nitrogens with two attached hydrogens (primary N) is 1. The normalized spacial score (nSPS) is 15.2. The van der Waals surface area contributed by atoms with Gasteiger partial charge in [-0.2, -0.15) is 0 Å². The van der Waals surface area contributed by atoms with Crippen LogP contribution in [0.25, 0.3) is 0 Å². The van der Waals surface area contributed by atoms with Gasteiger partial charge in [0, 0.05) is 6.42 Å². The highest BCUT2D eigenvalue weighted by molar-refractivity contribution is 5.87. The Morgan fingerprint density at radius 2 is 1.95 bits per heavy atom. The van der Waals surface area contributed by atoms with Gasteiger partial charge >= 0.3 is 11.9 Å². The van der Waals surface area contributed by atoms with E-state index in [2.05, 4.69) is 10.1 Å². The third-order valence-corrected chi connectivity index (χ3v) is 3.04. The molecule has 4 N–H and O–H groups in total. The van der Waals surface area contributed by atoms with E-state index in [0.29, 0.717) is 6.42 Å². The molecule has 3 atom stereocenters. The summed E-state index contributed by atoms with van der Waals surface area (Å²) in [7, 11) is 1.22. The molecular weight excluding hydrogens is 252 g/mol. The van der Waals surface area contributed by atoms with Crippen LogP contribution in [-0.2, 0) is 19.1 Å². The van der Waals surface area contributed by atoms with Gasteiger partial charge in [0.15, 0.2) is 0 Å². The molecule has 0 saturated carbocycles. The molecule has 0 saturated heterocycles. The molecule has 7 nitrogen and oxygen atoms in total. The number of hydrogen-bond acceptors (Lipinski definition) is 5. The number of rotatable bonds is 8. The topological polar surface area (TPSA) is 119 Å². The van der Waals surface area contributed by atoms with E-state index < -0.39 is 29.9 Å². The number of esters is 1. The van der Waals surface area contributed by atoms with Crippen LogP contribution in [0.15, 0.2) is 0 Å². The van der Waals surface area contributed by atoms with Gasteiger partial charge in [-0.05, 0) is 12.3 Å². The summed E-state index contributed by atoms with van der Waals surface area (Å²) in [5.74, 6) is -2.29. The molecule has 0 fully saturated rings. The van der Waals surface area contributed by atoms with Crippen molar-refractivity contribution >= 4 is 17.8 Å². The van der Waals surface area contributed by atoms with Gasteiger partial charge in [0.2, 0.25) is 5.91 Å². The fourth-order valence-corrected chi connectivity index (χ4v) is 1.40. The smallest absolute Gasteiger partial charge is 0.326 e. The first kappa shape index (κ1) is 17.4. The Hall–Kier alpha value is -1.63. The van der Waals surface area contributed by atoms with Crippen molar-refractivity contribution in [2.75, 3.05) is 7.11 Å². The van der Waals surface area contributed by atoms with Crippen molar-refractivity contribution in [1.82, 2.24) is 5.32 Å². The van der Waals surface area contributed by atoms with Crippen LogP contribution in [-0.4, -0.2) is 42.1 Å². The average Bonchev–Trinajstić information content (AvgIpc) is 2.40. The van der Waals surface area contributed by atoms with Crippen molar-refractivity contribution in [2.45, 2.75) is 45.2 Å². The maximum Gasteiger partial charge on any atom is 0.326 e. The number of carboxylic acid groups (broad SMARTS) is 1. The molecular formula is C12H22N2O5. The maximum absolute atomic E-state index is 11.8. The van der Waals surface area contributed by atoms with Gasteiger partial charge in [-0.25, -0.2) is 4.79 Å². The number of amides is 1. The van der Waals surface area contributed by atoms with Gasteiger partial charge in [-0.1, -0.05) is 20.3 Å². The van der Waals surface area contributed by atoms with E-state index in [1.54, 1.807) is 0 Å². The van der Waals surface area contributed by atoms with Crippen LogP contribution in [0.2, 0.25) is 0 Å². The second-order valence-electron chi connectivity index (χ2n) is 4.43. The molecule has 0 aliphatic rings. The highest BCUT2D eigenvalue weighted by Gasteiger charge is 2.26. The van der Waals surface area contributed by atoms with Crippen LogP contribution < -0.4 is 11.1 Å². The summed E-state index contributed by atoms with van der Waals surface area (Å²) in [5, 5.41) is 11.3. The summed E-state index contributed by atoms with van der Waals surface area (Å²) in [6.45, 7) is 3.71. The quantitative estimate of drug-likeness (QED) is 0.531. The van der Waals surface area contributed by atoms with Crippen LogP contribution in [0.3, 0.4) is 0 Å². The van der Waals surface area contributed by atoms with Gasteiger partial charge < -0.3 is 20.9 Å². The summed E-state index contributed by atoms with van der Waals surface area (Å²) in [6, 6.07) is -1.90. The molecule has 0 rings (SSSR count). The van der Waals surface area contributed by atoms with E-state index in [-0.39, 0.29) is 18.8 Å². The zero-order chi connectivity index (χ0) is 15.0. The molecule has 0 bridgehead atoms. The molecule has 0 aromatic carbocycles. The van der Waals surface area contributed by atoms with Gasteiger partial charge in [0.1, 0.15) is 6.04 Å². The molecule has 0 aliphatic carbocycles. The number of nitrogens with one attached hydrogen (secondary N) is 1. The van der Waals surface area contributed by atoms with Gasteiger partial charge in [0.05, 0.1) is 13.2 Å². The first-order valence-electron chi connectivity index (χ1n) is 6.19. The number of aliphatic carboxylic acids is 1. The van der Waals surface area contributed by atoms with Crippen molar-refractivity contribution in [3.8, 4) is 0 Å². The van der Waals surface area contributed by atoms with Gasteiger partial charge in [0.25, 0.3) is 0 Å². The molecule has 0 aliphatic heterocycles. The minimum atomic E-state index is -1.20. The number of methoxy groups -OCH3 is 1. The number of carbonyl (C=O) groups is 3. The fraction of sp³-hybridized carbons (Fsp3) is 0.750. The monoisotopic (exact) mass is 274 g/mol. The average molecular weight is 274 g/mol. The first-order valence-corrected chi connectivity index (χ1v) is 6.19. The second-order valence-corrected chi connectivity index (χ2v) is 4.43. The van der Waals surface area contributed by atoms with Crippen LogP contribution in [0.1, 0.15) is 33.1 Å². The Morgan fingerprint density at radius 1 is 1.37 bits per heavy atom. The third-order valence-electron chi connectivity index (χ3n) is 3.04. The zero-order valence-corrected chi connectivity index (χ0v) is 11.5. The molecule has 110 valence electrons. The van der Waals surface area contributed by atoms with E-state index in [4.69, 9.17) is 10.8 Å². The van der Waals surface area contributed by atoms with Crippen LogP contribution >= 0.6 is 0 Å². The van der Waals surface area contributed by atoms with E-state index >= 15 is 0 Å². The van der Waals surface area contributed by atoms with Crippen LogP contribution in [0, 0.1) is 5.92 Å². The molecule has 0 spiro atoms. The standard InChI is InChI=1S/C12H22N2O5/c1-4-7(2)10(13)11(16)14-8(12(17)18)5-6-9(15)19-3/h7-8,10H,4-6,13H2,1-3H3,(H,14,16)(H,17,18)/t7?,8-,10?/m0/s1. The molecule has 7 heteroatoms. The fourth-order valence-electron chi connectivity index (χ4n) is 1.40. The molecule has 0 aromatic rings. The molecule has 0 aromatic heterocycles. The summed E-state index contributed by atoms with van der Waals surface area (Å²) in [5.41, 5.74) is 5.71. The van der Waals surface area contributed by atoms with Crippen molar-refractivity contribution in [3.63, 3.8) is 0 Å². The minimum Gasteiger partial charge on any atom is -0.480 e. The predicted molar refractivity (Wildman–Crippen MR) is 68.2 cm³/mol. The molecule has 0 heterocycles. The lowest BCUT2D eigenvalue weighted by molar-refractivity contribution is -0.144. The van der Waals surface area contributed by atoms with Crippen molar-refractivity contribution in [2.24, 2.45) is 11.7 Å². The Kier molecular flexibility index (Phi) is 7.74. The Bertz CT molecular complexity index is 332. The number of hydrogen-bond donors (Lipinski definition) is 3. The Labute approximate surface area is 112 Å². The van der Waals surface area contributed by atoms with Crippen molar-refractivity contribution in [3.05, 3.63) is 0 Å². The maximum atomic E-state index is 11.8. The number of ether oxygens (including phenoxy) is 1. The number of carbonyl (C=O) groups excluding carboxylic acids is 2. The SMILES string of the molecule is CCC(C)C(N)C(=O)N[C@@H](CCC(=O)OC)C(=O)O. The second kappa shape index (κ2) is 8.47. The summed E-state index contributed by atoms with van der Waals surface area (Å²) in [4.78, 5) is 33.7. The number of carboxylic acids is 1. The highest BCUT2D eigenvalue weighted by atomic mass is 16.5. The van der Waals surface area contributed by atoms with Crippen LogP contribution in [0.4, 0.5) is 0 Å². The van der Waals surface area contributed by atoms with Crippen molar-refractivity contribution in [1.29, 1.82) is 0 Å². The molecule has 0 radical (unpaired) electrons. The summed E-state index contributed by atoms with van der Waals surface area (Å²) in [6.07, 6.45) is 0.613. The predicted octanol–water partition coefficient (Wildman–Crippen LogP) is -0.118. The van der Waals surface area contributed by atoms with E-state index in [1.807, 2.05) is 13.8 Å². The van der Waals surface area contributed by atoms with Crippen LogP contribution in [0.5, 0.6) is 0 Å². The Balaban J connectivity index is 4.46.